The first-order valence-electron chi connectivity index (χ1n) is 18.2. The average molecular weight is 836 g/mol. The molecule has 4 nitrogen and oxygen atoms in total. The van der Waals surface area contributed by atoms with Gasteiger partial charge in [0.05, 0.1) is 0 Å². The van der Waals surface area contributed by atoms with Crippen LogP contribution >= 0.6 is 0 Å². The summed E-state index contributed by atoms with van der Waals surface area (Å²) < 4.78 is 34.8. The van der Waals surface area contributed by atoms with E-state index in [1.54, 1.807) is 12.1 Å². The average Bonchev–Trinajstić information content (AvgIpc) is 3.10. The van der Waals surface area contributed by atoms with E-state index >= 15 is 0 Å². The molecular weight excluding hydrogens is 792 g/mol. The molecule has 0 unspecified atom stereocenters. The molecule has 4 aromatic carbocycles. The van der Waals surface area contributed by atoms with Crippen molar-refractivity contribution < 1.29 is 33.7 Å². The van der Waals surface area contributed by atoms with Crippen LogP contribution in [-0.4, -0.2) is 16.7 Å². The number of nitrogens with zero attached hydrogens (tertiary/aromatic N) is 2. The van der Waals surface area contributed by atoms with Crippen LogP contribution in [0.4, 0.5) is 0 Å². The molecule has 4 heterocycles. The number of aromatic nitrogens is 2. The monoisotopic (exact) mass is 836 g/mol. The number of ether oxygens (including phenoxy) is 2. The van der Waals surface area contributed by atoms with Crippen LogP contribution in [0, 0.1) is 24.4 Å². The second-order valence-electron chi connectivity index (χ2n) is 14.9. The van der Waals surface area contributed by atoms with Gasteiger partial charge in [0.15, 0.2) is 0 Å². The Morgan fingerprint density at radius 1 is 0.740 bits per heavy atom. The normalized spacial score (nSPS) is 13.6. The van der Waals surface area contributed by atoms with Crippen LogP contribution in [0.15, 0.2) is 109 Å². The van der Waals surface area contributed by atoms with Crippen molar-refractivity contribution in [1.29, 1.82) is 0 Å². The minimum Gasteiger partial charge on any atom is -0.503 e. The molecule has 0 bridgehead atoms. The van der Waals surface area contributed by atoms with Gasteiger partial charge in [-0.3, -0.25) is 0 Å². The van der Waals surface area contributed by atoms with Crippen LogP contribution in [0.1, 0.15) is 62.3 Å². The van der Waals surface area contributed by atoms with Crippen molar-refractivity contribution in [2.45, 2.75) is 60.2 Å². The first-order chi connectivity index (χ1) is 24.7. The Labute approximate surface area is 315 Å². The van der Waals surface area contributed by atoms with Crippen LogP contribution in [-0.2, 0) is 31.9 Å². The fourth-order valence-corrected chi connectivity index (χ4v) is 6.43. The van der Waals surface area contributed by atoms with Gasteiger partial charge in [-0.2, -0.15) is 0 Å². The summed E-state index contributed by atoms with van der Waals surface area (Å²) in [5, 5.41) is 0. The number of hydrogen-bond donors (Lipinski definition) is 0. The van der Waals surface area contributed by atoms with Crippen LogP contribution in [0.2, 0.25) is 0 Å². The summed E-state index contributed by atoms with van der Waals surface area (Å²) in [6.07, 6.45) is 4.73. The second-order valence-corrected chi connectivity index (χ2v) is 14.9. The number of fused-ring (bicyclic) bond motifs is 4. The maximum atomic E-state index is 7.34. The number of para-hydroxylation sites is 2. The Kier molecular flexibility index (Phi) is 8.82. The number of hydrogen-bond acceptors (Lipinski definition) is 4. The third kappa shape index (κ3) is 7.33. The SMILES string of the molecule is CC(C)(C)Cc1ccnc(-c2[c-]cc3c4c2Oc2ccccc2B4c2ccccc2O3)c1.[2H]C([2H])([2H])c1c[c-]c(-c2ccc(C(C)(C)C)cn2)cc1.[Ir]. The maximum Gasteiger partial charge on any atom is 0.239 e. The molecular formula is C44H41BIrN2O2-2. The Balaban J connectivity index is 0.000000199. The third-order valence-electron chi connectivity index (χ3n) is 8.80. The Hall–Kier alpha value is -4.51. The fraction of sp³-hybridized carbons (Fsp3) is 0.227. The van der Waals surface area contributed by atoms with Gasteiger partial charge in [-0.15, -0.1) is 47.5 Å². The van der Waals surface area contributed by atoms with E-state index in [0.29, 0.717) is 5.56 Å². The molecule has 0 saturated heterocycles. The molecule has 0 saturated carbocycles. The van der Waals surface area contributed by atoms with E-state index in [9.17, 15) is 0 Å². The summed E-state index contributed by atoms with van der Waals surface area (Å²) in [5.74, 6) is 3.35. The Morgan fingerprint density at radius 2 is 1.46 bits per heavy atom. The van der Waals surface area contributed by atoms with Crippen molar-refractivity contribution in [3.63, 3.8) is 0 Å². The predicted molar refractivity (Wildman–Crippen MR) is 201 cm³/mol. The van der Waals surface area contributed by atoms with Crippen molar-refractivity contribution in [3.05, 3.63) is 138 Å². The summed E-state index contributed by atoms with van der Waals surface area (Å²) in [4.78, 5) is 9.13. The molecule has 2 aliphatic heterocycles. The number of rotatable bonds is 3. The topological polar surface area (TPSA) is 44.2 Å². The van der Waals surface area contributed by atoms with Crippen LogP contribution in [0.3, 0.4) is 0 Å². The molecule has 1 radical (unpaired) electrons. The summed E-state index contributed by atoms with van der Waals surface area (Å²) in [7, 11) is 0. The molecule has 0 fully saturated rings. The zero-order valence-electron chi connectivity index (χ0n) is 32.2. The van der Waals surface area contributed by atoms with Gasteiger partial charge in [0.25, 0.3) is 0 Å². The van der Waals surface area contributed by atoms with Crippen molar-refractivity contribution in [2.75, 3.05) is 0 Å². The molecule has 0 N–H and O–H groups in total. The fourth-order valence-electron chi connectivity index (χ4n) is 6.43. The number of aryl methyl sites for hydroxylation is 1. The van der Waals surface area contributed by atoms with Gasteiger partial charge in [-0.25, -0.2) is 0 Å². The van der Waals surface area contributed by atoms with Crippen LogP contribution in [0.25, 0.3) is 22.5 Å². The van der Waals surface area contributed by atoms with Crippen molar-refractivity contribution in [3.8, 4) is 45.5 Å². The zero-order valence-corrected chi connectivity index (χ0v) is 31.6. The van der Waals surface area contributed by atoms with E-state index in [-0.39, 0.29) is 37.6 Å². The van der Waals surface area contributed by atoms with Gasteiger partial charge in [0.2, 0.25) is 6.71 Å². The van der Waals surface area contributed by atoms with E-state index in [0.717, 1.165) is 68.3 Å². The van der Waals surface area contributed by atoms with Gasteiger partial charge in [-0.1, -0.05) is 120 Å². The zero-order chi connectivity index (χ0) is 36.8. The van der Waals surface area contributed by atoms with Gasteiger partial charge in [-0.05, 0) is 63.3 Å². The number of pyridine rings is 2. The van der Waals surface area contributed by atoms with Gasteiger partial charge in [0, 0.05) is 48.1 Å². The van der Waals surface area contributed by atoms with Crippen LogP contribution in [0.5, 0.6) is 23.0 Å². The quantitative estimate of drug-likeness (QED) is 0.132. The molecule has 253 valence electrons. The molecule has 0 atom stereocenters. The molecule has 6 heteroatoms. The number of benzene rings is 4. The summed E-state index contributed by atoms with van der Waals surface area (Å²) in [6, 6.07) is 38.0. The van der Waals surface area contributed by atoms with E-state index < -0.39 is 6.85 Å². The summed E-state index contributed by atoms with van der Waals surface area (Å²) >= 11 is 0. The van der Waals surface area contributed by atoms with Gasteiger partial charge in [0.1, 0.15) is 11.5 Å². The Morgan fingerprint density at radius 3 is 2.08 bits per heavy atom. The van der Waals surface area contributed by atoms with E-state index in [1.165, 1.54) is 17.2 Å². The standard InChI is InChI=1S/C28H23BNO2.C16H18N.Ir/c1-28(2,3)17-18-14-15-30-22(16-18)19-12-13-25-26-27(19)32-24-11-7-5-9-21(24)29(26)20-8-4-6-10-23(20)31-25;1-12-5-7-13(8-6-12)15-10-9-14(11-17-15)16(2,3)4;/h4-11,13-16H,17H2,1-3H3;5-7,9-11H,1-4H3;/q2*-1;/i;1D3;. The minimum atomic E-state index is -2.08. The molecule has 50 heavy (non-hydrogen) atoms. The molecule has 0 aliphatic carbocycles. The summed E-state index contributed by atoms with van der Waals surface area (Å²) in [6.45, 7) is 11.1. The Bertz CT molecular complexity index is 2180. The van der Waals surface area contributed by atoms with Gasteiger partial charge >= 0.3 is 0 Å². The van der Waals surface area contributed by atoms with Gasteiger partial charge < -0.3 is 19.4 Å². The molecule has 8 rings (SSSR count). The molecule has 0 amide bonds. The predicted octanol–water partition coefficient (Wildman–Crippen LogP) is 9.02. The third-order valence-corrected chi connectivity index (χ3v) is 8.80. The first-order valence-corrected chi connectivity index (χ1v) is 16.7. The molecule has 0 spiro atoms. The molecule has 2 aromatic heterocycles. The molecule has 2 aliphatic rings. The largest absolute Gasteiger partial charge is 0.503 e. The summed E-state index contributed by atoms with van der Waals surface area (Å²) in [5.41, 5.74) is 9.72. The van der Waals surface area contributed by atoms with E-state index in [1.807, 2.05) is 54.9 Å². The van der Waals surface area contributed by atoms with Crippen molar-refractivity contribution >= 4 is 23.1 Å². The van der Waals surface area contributed by atoms with Crippen LogP contribution < -0.4 is 25.9 Å². The minimum absolute atomic E-state index is 0. The maximum absolute atomic E-state index is 7.34. The smallest absolute Gasteiger partial charge is 0.239 e. The van der Waals surface area contributed by atoms with Crippen molar-refractivity contribution in [2.24, 2.45) is 5.41 Å². The first kappa shape index (κ1) is 31.5. The molecule has 6 aromatic rings. The van der Waals surface area contributed by atoms with E-state index in [2.05, 4.69) is 95.1 Å². The van der Waals surface area contributed by atoms with Crippen molar-refractivity contribution in [1.82, 2.24) is 9.97 Å². The second kappa shape index (κ2) is 14.0. The van der Waals surface area contributed by atoms with E-state index in [4.69, 9.17) is 18.6 Å².